The molecule has 0 aliphatic rings. The summed E-state index contributed by atoms with van der Waals surface area (Å²) in [5, 5.41) is 10.5. The number of carbonyl (C=O) groups is 2. The number of benzene rings is 2. The van der Waals surface area contributed by atoms with Crippen LogP contribution in [0.4, 0.5) is 0 Å². The Morgan fingerprint density at radius 1 is 1.03 bits per heavy atom. The number of hydrogen-bond donors (Lipinski definition) is 2. The van der Waals surface area contributed by atoms with Crippen LogP contribution in [-0.4, -0.2) is 38.8 Å². The van der Waals surface area contributed by atoms with Gasteiger partial charge in [-0.15, -0.1) is 0 Å². The molecule has 172 valence electrons. The molecule has 0 saturated heterocycles. The molecule has 0 saturated carbocycles. The minimum Gasteiger partial charge on any atom is -0.493 e. The summed E-state index contributed by atoms with van der Waals surface area (Å²) in [6.07, 6.45) is 1.59. The van der Waals surface area contributed by atoms with Gasteiger partial charge >= 0.3 is 0 Å². The van der Waals surface area contributed by atoms with Gasteiger partial charge in [0.15, 0.2) is 11.5 Å². The maximum Gasteiger partial charge on any atom is 0.259 e. The number of ether oxygens (including phenoxy) is 2. The summed E-state index contributed by atoms with van der Waals surface area (Å²) in [6, 6.07) is 14.7. The molecule has 0 unspecified atom stereocenters. The lowest BCUT2D eigenvalue weighted by molar-refractivity contribution is -0.120. The quantitative estimate of drug-likeness (QED) is 0.374. The maximum absolute atomic E-state index is 12.3. The molecule has 0 atom stereocenters. The van der Waals surface area contributed by atoms with E-state index in [-0.39, 0.29) is 9.40 Å². The van der Waals surface area contributed by atoms with Gasteiger partial charge in [0.1, 0.15) is 0 Å². The number of amides is 2. The first kappa shape index (κ1) is 24.6. The maximum atomic E-state index is 12.3. The lowest BCUT2D eigenvalue weighted by Crippen LogP contribution is -2.34. The van der Waals surface area contributed by atoms with Crippen molar-refractivity contribution in [1.82, 2.24) is 10.7 Å². The van der Waals surface area contributed by atoms with Crippen LogP contribution in [0.2, 0.25) is 0 Å². The summed E-state index contributed by atoms with van der Waals surface area (Å²) in [6.45, 7) is 3.79. The van der Waals surface area contributed by atoms with Gasteiger partial charge in [-0.3, -0.25) is 9.59 Å². The van der Waals surface area contributed by atoms with E-state index in [0.29, 0.717) is 17.1 Å². The number of nitrogens with zero attached hydrogens (tertiary/aromatic N) is 1. The summed E-state index contributed by atoms with van der Waals surface area (Å²) < 4.78 is 10.3. The van der Waals surface area contributed by atoms with Crippen molar-refractivity contribution in [2.45, 2.75) is 13.8 Å². The zero-order valence-electron chi connectivity index (χ0n) is 18.5. The fourth-order valence-electron chi connectivity index (χ4n) is 2.71. The van der Waals surface area contributed by atoms with E-state index in [1.54, 1.807) is 35.8 Å². The van der Waals surface area contributed by atoms with Crippen LogP contribution < -0.4 is 20.2 Å². The highest BCUT2D eigenvalue weighted by Gasteiger charge is 2.12. The molecule has 3 aromatic rings. The van der Waals surface area contributed by atoms with E-state index in [4.69, 9.17) is 9.47 Å². The Morgan fingerprint density at radius 2 is 1.75 bits per heavy atom. The van der Waals surface area contributed by atoms with Crippen LogP contribution in [0.1, 0.15) is 32.6 Å². The van der Waals surface area contributed by atoms with Crippen LogP contribution >= 0.6 is 11.3 Å². The summed E-state index contributed by atoms with van der Waals surface area (Å²) in [4.78, 5) is 24.3. The molecule has 0 bridgehead atoms. The van der Waals surface area contributed by atoms with Crippen LogP contribution in [0.15, 0.2) is 64.4 Å². The highest BCUT2D eigenvalue weighted by molar-refractivity contribution is 7.08. The van der Waals surface area contributed by atoms with Crippen molar-refractivity contribution in [2.24, 2.45) is 5.10 Å². The van der Waals surface area contributed by atoms with Crippen LogP contribution in [0.3, 0.4) is 0 Å². The third kappa shape index (κ3) is 6.68. The van der Waals surface area contributed by atoms with E-state index in [1.165, 1.54) is 14.2 Å². The zero-order chi connectivity index (χ0) is 23.3. The molecule has 1 aromatic heterocycles. The Labute approximate surface area is 195 Å². The van der Waals surface area contributed by atoms with E-state index < -0.39 is 11.8 Å². The minimum atomic E-state index is -0.434. The largest absolute Gasteiger partial charge is 0.493 e. The standard InChI is InChI=1S/C22H21N3O4S.C2H6.2H2/c1-28-19-9-8-16(10-20(19)29-2)22(27)23-12-21(26)25-24-11-17-13-30-14-18(17)15-6-4-3-5-7-15;1-2;;/h3-11,13-14H,12H2,1-2H3,(H,23,27)(H,25,26);1-2H3;2*1H/b24-11+;;;. The Kier molecular flexibility index (Phi) is 9.93. The molecule has 7 nitrogen and oxygen atoms in total. The Morgan fingerprint density at radius 3 is 2.44 bits per heavy atom. The van der Waals surface area contributed by atoms with Crippen LogP contribution in [0, 0.1) is 0 Å². The number of thiophene rings is 1. The number of carbonyl (C=O) groups excluding carboxylic acids is 2. The van der Waals surface area contributed by atoms with Gasteiger partial charge in [0.25, 0.3) is 11.8 Å². The van der Waals surface area contributed by atoms with E-state index in [0.717, 1.165) is 16.7 Å². The van der Waals surface area contributed by atoms with Crippen molar-refractivity contribution < 1.29 is 21.9 Å². The summed E-state index contributed by atoms with van der Waals surface area (Å²) in [7, 11) is 3.00. The lowest BCUT2D eigenvalue weighted by atomic mass is 10.1. The molecular formula is C24H31N3O4S. The average Bonchev–Trinajstić information content (AvgIpc) is 3.32. The predicted octanol–water partition coefficient (Wildman–Crippen LogP) is 4.83. The molecule has 1 heterocycles. The van der Waals surface area contributed by atoms with Gasteiger partial charge in [-0.1, -0.05) is 44.2 Å². The number of nitrogens with one attached hydrogen (secondary N) is 2. The highest BCUT2D eigenvalue weighted by Crippen LogP contribution is 2.27. The number of hydrogen-bond acceptors (Lipinski definition) is 6. The number of rotatable bonds is 8. The van der Waals surface area contributed by atoms with Gasteiger partial charge in [-0.25, -0.2) is 5.43 Å². The second-order valence-corrected chi connectivity index (χ2v) is 6.90. The van der Waals surface area contributed by atoms with Gasteiger partial charge in [-0.05, 0) is 29.1 Å². The molecule has 0 aliphatic carbocycles. The summed E-state index contributed by atoms with van der Waals surface area (Å²) in [5.41, 5.74) is 5.80. The fraction of sp³-hybridized carbons (Fsp3) is 0.208. The Hall–Kier alpha value is -3.65. The van der Waals surface area contributed by atoms with Gasteiger partial charge in [0.2, 0.25) is 0 Å². The van der Waals surface area contributed by atoms with Gasteiger partial charge in [0, 0.05) is 24.9 Å². The molecule has 8 heteroatoms. The second-order valence-electron chi connectivity index (χ2n) is 6.15. The average molecular weight is 458 g/mol. The monoisotopic (exact) mass is 457 g/mol. The topological polar surface area (TPSA) is 89.0 Å². The molecule has 32 heavy (non-hydrogen) atoms. The number of methoxy groups -OCH3 is 2. The van der Waals surface area contributed by atoms with Gasteiger partial charge in [0.05, 0.1) is 27.0 Å². The van der Waals surface area contributed by atoms with E-state index in [2.05, 4.69) is 15.8 Å². The first-order chi connectivity index (χ1) is 15.6. The fourth-order valence-corrected chi connectivity index (χ4v) is 3.52. The summed E-state index contributed by atoms with van der Waals surface area (Å²) >= 11 is 1.56. The molecular weight excluding hydrogens is 426 g/mol. The predicted molar refractivity (Wildman–Crippen MR) is 133 cm³/mol. The smallest absolute Gasteiger partial charge is 0.259 e. The molecule has 2 aromatic carbocycles. The second kappa shape index (κ2) is 12.9. The van der Waals surface area contributed by atoms with Crippen molar-refractivity contribution in [1.29, 1.82) is 0 Å². The van der Waals surface area contributed by atoms with Crippen LogP contribution in [-0.2, 0) is 4.79 Å². The van der Waals surface area contributed by atoms with Crippen molar-refractivity contribution in [3.63, 3.8) is 0 Å². The molecule has 0 fully saturated rings. The van der Waals surface area contributed by atoms with Crippen molar-refractivity contribution >= 4 is 29.4 Å². The molecule has 0 radical (unpaired) electrons. The zero-order valence-corrected chi connectivity index (χ0v) is 19.4. The third-order valence-corrected chi connectivity index (χ3v) is 4.99. The molecule has 0 aliphatic heterocycles. The molecule has 2 amide bonds. The molecule has 2 N–H and O–H groups in total. The SMILES string of the molecule is CC.COc1ccc(C(=O)NCC(=O)N/N=C/c2cscc2-c2ccccc2)cc1OC.[HH].[HH]. The molecule has 0 spiro atoms. The first-order valence-corrected chi connectivity index (χ1v) is 11.0. The summed E-state index contributed by atoms with van der Waals surface area (Å²) in [5.74, 6) is 0.115. The number of hydrazone groups is 1. The van der Waals surface area contributed by atoms with E-state index in [9.17, 15) is 9.59 Å². The third-order valence-electron chi connectivity index (χ3n) is 4.22. The van der Waals surface area contributed by atoms with Crippen molar-refractivity contribution in [3.8, 4) is 22.6 Å². The lowest BCUT2D eigenvalue weighted by Gasteiger charge is -2.09. The van der Waals surface area contributed by atoms with Crippen molar-refractivity contribution in [3.05, 3.63) is 70.4 Å². The van der Waals surface area contributed by atoms with E-state index in [1.807, 2.05) is 54.9 Å². The molecule has 3 rings (SSSR count). The highest BCUT2D eigenvalue weighted by atomic mass is 32.1. The van der Waals surface area contributed by atoms with Crippen molar-refractivity contribution in [2.75, 3.05) is 20.8 Å². The van der Waals surface area contributed by atoms with Gasteiger partial charge < -0.3 is 14.8 Å². The Balaban J connectivity index is 0.00000265. The first-order valence-electron chi connectivity index (χ1n) is 10.1. The minimum absolute atomic E-state index is 0. The van der Waals surface area contributed by atoms with Crippen LogP contribution in [0.25, 0.3) is 11.1 Å². The van der Waals surface area contributed by atoms with Crippen LogP contribution in [0.5, 0.6) is 11.5 Å². The normalized spacial score (nSPS) is 10.1. The Bertz CT molecular complexity index is 1060. The van der Waals surface area contributed by atoms with Gasteiger partial charge in [-0.2, -0.15) is 16.4 Å². The van der Waals surface area contributed by atoms with E-state index >= 15 is 0 Å².